The number of rotatable bonds is 7. The van der Waals surface area contributed by atoms with E-state index in [9.17, 15) is 18.0 Å². The first-order valence-corrected chi connectivity index (χ1v) is 7.59. The van der Waals surface area contributed by atoms with E-state index in [-0.39, 0.29) is 11.5 Å². The zero-order valence-electron chi connectivity index (χ0n) is 10.8. The van der Waals surface area contributed by atoms with Crippen LogP contribution >= 0.6 is 0 Å². The zero-order valence-corrected chi connectivity index (χ0v) is 11.6. The molecular formula is C12H15NO6S. The molecule has 1 amide bonds. The Hall–Kier alpha value is -2.09. The van der Waals surface area contributed by atoms with Crippen molar-refractivity contribution >= 4 is 27.4 Å². The SMILES string of the molecule is CCS(=O)(=O)CC(=O)Nc1cccc(OCC(=O)O)c1. The van der Waals surface area contributed by atoms with E-state index in [1.54, 1.807) is 12.1 Å². The first-order chi connectivity index (χ1) is 9.32. The third-order valence-corrected chi connectivity index (χ3v) is 3.85. The molecule has 20 heavy (non-hydrogen) atoms. The number of amides is 1. The smallest absolute Gasteiger partial charge is 0.341 e. The van der Waals surface area contributed by atoms with Gasteiger partial charge in [-0.05, 0) is 12.1 Å². The summed E-state index contributed by atoms with van der Waals surface area (Å²) in [4.78, 5) is 21.9. The first kappa shape index (κ1) is 16.0. The van der Waals surface area contributed by atoms with Crippen molar-refractivity contribution in [2.24, 2.45) is 0 Å². The van der Waals surface area contributed by atoms with E-state index in [0.717, 1.165) is 0 Å². The lowest BCUT2D eigenvalue weighted by Gasteiger charge is -2.08. The number of carbonyl (C=O) groups is 2. The molecule has 1 aromatic rings. The summed E-state index contributed by atoms with van der Waals surface area (Å²) in [5, 5.41) is 10.9. The highest BCUT2D eigenvalue weighted by Gasteiger charge is 2.14. The fraction of sp³-hybridized carbons (Fsp3) is 0.333. The maximum Gasteiger partial charge on any atom is 0.341 e. The Labute approximate surface area is 116 Å². The second kappa shape index (κ2) is 6.90. The maximum absolute atomic E-state index is 11.5. The highest BCUT2D eigenvalue weighted by molar-refractivity contribution is 7.92. The second-order valence-corrected chi connectivity index (χ2v) is 6.29. The van der Waals surface area contributed by atoms with Crippen molar-refractivity contribution in [1.82, 2.24) is 0 Å². The predicted molar refractivity (Wildman–Crippen MR) is 72.5 cm³/mol. The Bertz CT molecular complexity index is 596. The number of carboxylic acids is 1. The van der Waals surface area contributed by atoms with Gasteiger partial charge in [-0.15, -0.1) is 0 Å². The van der Waals surface area contributed by atoms with Crippen LogP contribution in [-0.2, 0) is 19.4 Å². The molecule has 0 aliphatic carbocycles. The number of hydrogen-bond donors (Lipinski definition) is 2. The summed E-state index contributed by atoms with van der Waals surface area (Å²) in [5.41, 5.74) is 0.337. The highest BCUT2D eigenvalue weighted by Crippen LogP contribution is 2.17. The third-order valence-electron chi connectivity index (χ3n) is 2.27. The van der Waals surface area contributed by atoms with Crippen molar-refractivity contribution in [3.8, 4) is 5.75 Å². The van der Waals surface area contributed by atoms with Crippen LogP contribution in [0, 0.1) is 0 Å². The minimum atomic E-state index is -3.39. The number of ether oxygens (including phenoxy) is 1. The van der Waals surface area contributed by atoms with Gasteiger partial charge in [0.1, 0.15) is 11.5 Å². The van der Waals surface area contributed by atoms with Crippen molar-refractivity contribution in [2.45, 2.75) is 6.92 Å². The van der Waals surface area contributed by atoms with Crippen LogP contribution in [-0.4, -0.2) is 43.5 Å². The van der Waals surface area contributed by atoms with Gasteiger partial charge in [-0.3, -0.25) is 4.79 Å². The van der Waals surface area contributed by atoms with Crippen LogP contribution in [0.2, 0.25) is 0 Å². The molecule has 0 spiro atoms. The van der Waals surface area contributed by atoms with Crippen LogP contribution in [0.4, 0.5) is 5.69 Å². The number of hydrogen-bond acceptors (Lipinski definition) is 5. The summed E-state index contributed by atoms with van der Waals surface area (Å²) in [6.07, 6.45) is 0. The van der Waals surface area contributed by atoms with E-state index >= 15 is 0 Å². The standard InChI is InChI=1S/C12H15NO6S/c1-2-20(17,18)8-11(14)13-9-4-3-5-10(6-9)19-7-12(15)16/h3-6H,2,7-8H2,1H3,(H,13,14)(H,15,16). The van der Waals surface area contributed by atoms with Crippen LogP contribution in [0.1, 0.15) is 6.92 Å². The first-order valence-electron chi connectivity index (χ1n) is 5.77. The van der Waals surface area contributed by atoms with Crippen molar-refractivity contribution in [3.63, 3.8) is 0 Å². The monoisotopic (exact) mass is 301 g/mol. The van der Waals surface area contributed by atoms with Gasteiger partial charge in [0.2, 0.25) is 5.91 Å². The second-order valence-electron chi connectivity index (χ2n) is 3.94. The van der Waals surface area contributed by atoms with Crippen LogP contribution in [0.25, 0.3) is 0 Å². The third kappa shape index (κ3) is 5.70. The normalized spacial score (nSPS) is 10.8. The van der Waals surface area contributed by atoms with Gasteiger partial charge in [-0.1, -0.05) is 13.0 Å². The zero-order chi connectivity index (χ0) is 15.2. The summed E-state index contributed by atoms with van der Waals surface area (Å²) in [7, 11) is -3.39. The van der Waals surface area contributed by atoms with Crippen LogP contribution in [0.15, 0.2) is 24.3 Å². The van der Waals surface area contributed by atoms with Crippen LogP contribution in [0.3, 0.4) is 0 Å². The lowest BCUT2D eigenvalue weighted by molar-refractivity contribution is -0.139. The molecule has 1 aromatic carbocycles. The lowest BCUT2D eigenvalue weighted by atomic mass is 10.3. The van der Waals surface area contributed by atoms with Gasteiger partial charge in [0, 0.05) is 17.5 Å². The fourth-order valence-electron chi connectivity index (χ4n) is 1.31. The number of benzene rings is 1. The summed E-state index contributed by atoms with van der Waals surface area (Å²) in [6.45, 7) is 0.963. The van der Waals surface area contributed by atoms with Gasteiger partial charge in [0.15, 0.2) is 16.4 Å². The quantitative estimate of drug-likeness (QED) is 0.760. The van der Waals surface area contributed by atoms with Gasteiger partial charge >= 0.3 is 5.97 Å². The molecule has 0 heterocycles. The largest absolute Gasteiger partial charge is 0.482 e. The number of sulfone groups is 1. The number of carbonyl (C=O) groups excluding carboxylic acids is 1. The van der Waals surface area contributed by atoms with Gasteiger partial charge in [0.25, 0.3) is 0 Å². The average Bonchev–Trinajstić information content (AvgIpc) is 2.36. The maximum atomic E-state index is 11.5. The molecule has 1 rings (SSSR count). The average molecular weight is 301 g/mol. The molecule has 0 radical (unpaired) electrons. The Kier molecular flexibility index (Phi) is 5.51. The molecule has 0 aliphatic rings. The lowest BCUT2D eigenvalue weighted by Crippen LogP contribution is -2.23. The molecule has 2 N–H and O–H groups in total. The van der Waals surface area contributed by atoms with Crippen molar-refractivity contribution in [3.05, 3.63) is 24.3 Å². The van der Waals surface area contributed by atoms with Crippen molar-refractivity contribution in [2.75, 3.05) is 23.4 Å². The number of nitrogens with one attached hydrogen (secondary N) is 1. The molecule has 0 saturated carbocycles. The van der Waals surface area contributed by atoms with Gasteiger partial charge in [-0.2, -0.15) is 0 Å². The number of anilines is 1. The number of carboxylic acid groups (broad SMARTS) is 1. The topological polar surface area (TPSA) is 110 Å². The molecule has 0 aromatic heterocycles. The van der Waals surface area contributed by atoms with Crippen molar-refractivity contribution in [1.29, 1.82) is 0 Å². The summed E-state index contributed by atoms with van der Waals surface area (Å²) in [5.74, 6) is -2.20. The Morgan fingerprint density at radius 3 is 2.65 bits per heavy atom. The molecule has 0 atom stereocenters. The van der Waals surface area contributed by atoms with E-state index in [0.29, 0.717) is 5.69 Å². The fourth-order valence-corrected chi connectivity index (χ4v) is 1.98. The van der Waals surface area contributed by atoms with Crippen LogP contribution in [0.5, 0.6) is 5.75 Å². The molecule has 8 heteroatoms. The van der Waals surface area contributed by atoms with E-state index in [1.807, 2.05) is 0 Å². The molecule has 0 unspecified atom stereocenters. The van der Waals surface area contributed by atoms with Crippen molar-refractivity contribution < 1.29 is 27.9 Å². The Morgan fingerprint density at radius 2 is 2.05 bits per heavy atom. The van der Waals surface area contributed by atoms with E-state index in [2.05, 4.69) is 5.32 Å². The Balaban J connectivity index is 2.66. The minimum Gasteiger partial charge on any atom is -0.482 e. The van der Waals surface area contributed by atoms with E-state index in [4.69, 9.17) is 9.84 Å². The molecule has 0 fully saturated rings. The Morgan fingerprint density at radius 1 is 1.35 bits per heavy atom. The molecule has 110 valence electrons. The van der Waals surface area contributed by atoms with Gasteiger partial charge in [0.05, 0.1) is 0 Å². The molecule has 7 nitrogen and oxygen atoms in total. The molecule has 0 aliphatic heterocycles. The summed E-state index contributed by atoms with van der Waals surface area (Å²) < 4.78 is 27.5. The number of aliphatic carboxylic acids is 1. The highest BCUT2D eigenvalue weighted by atomic mass is 32.2. The van der Waals surface area contributed by atoms with Gasteiger partial charge in [-0.25, -0.2) is 13.2 Å². The van der Waals surface area contributed by atoms with Gasteiger partial charge < -0.3 is 15.2 Å². The van der Waals surface area contributed by atoms with Crippen LogP contribution < -0.4 is 10.1 Å². The minimum absolute atomic E-state index is 0.109. The molecule has 0 saturated heterocycles. The summed E-state index contributed by atoms with van der Waals surface area (Å²) in [6, 6.07) is 6.05. The predicted octanol–water partition coefficient (Wildman–Crippen LogP) is 0.523. The van der Waals surface area contributed by atoms with E-state index < -0.39 is 34.1 Å². The molecule has 0 bridgehead atoms. The van der Waals surface area contributed by atoms with E-state index in [1.165, 1.54) is 19.1 Å². The molecular weight excluding hydrogens is 286 g/mol. The summed E-state index contributed by atoms with van der Waals surface area (Å²) >= 11 is 0.